The lowest BCUT2D eigenvalue weighted by Crippen LogP contribution is -2.08. The smallest absolute Gasteiger partial charge is 0.311 e. The van der Waals surface area contributed by atoms with Crippen molar-refractivity contribution in [3.63, 3.8) is 0 Å². The van der Waals surface area contributed by atoms with E-state index < -0.39 is 5.97 Å². The van der Waals surface area contributed by atoms with Gasteiger partial charge in [-0.1, -0.05) is 0 Å². The standard InChI is InChI=1S/C11H15NO3S/c1-7-9(6-10(13)14)15-11(12-7)8-2-4-16-5-3-8/h8H,2-6H2,1H3,(H,13,14). The molecule has 1 aliphatic rings. The first kappa shape index (κ1) is 11.5. The topological polar surface area (TPSA) is 63.3 Å². The highest BCUT2D eigenvalue weighted by Crippen LogP contribution is 2.31. The lowest BCUT2D eigenvalue weighted by molar-refractivity contribution is -0.136. The Hall–Kier alpha value is -0.970. The first-order chi connectivity index (χ1) is 7.66. The predicted molar refractivity (Wildman–Crippen MR) is 61.9 cm³/mol. The number of aromatic nitrogens is 1. The van der Waals surface area contributed by atoms with E-state index in [-0.39, 0.29) is 6.42 Å². The van der Waals surface area contributed by atoms with Crippen LogP contribution in [0, 0.1) is 6.92 Å². The second-order valence-corrected chi connectivity index (χ2v) is 5.24. The summed E-state index contributed by atoms with van der Waals surface area (Å²) in [6.07, 6.45) is 2.09. The van der Waals surface area contributed by atoms with Crippen molar-refractivity contribution in [3.05, 3.63) is 17.3 Å². The van der Waals surface area contributed by atoms with Crippen LogP contribution in [0.4, 0.5) is 0 Å². The molecule has 2 heterocycles. The minimum absolute atomic E-state index is 0.0691. The highest BCUT2D eigenvalue weighted by molar-refractivity contribution is 7.99. The van der Waals surface area contributed by atoms with E-state index in [9.17, 15) is 4.79 Å². The Morgan fingerprint density at radius 2 is 2.25 bits per heavy atom. The molecular formula is C11H15NO3S. The Labute approximate surface area is 98.4 Å². The Kier molecular flexibility index (Phi) is 3.53. The molecule has 1 N–H and O–H groups in total. The van der Waals surface area contributed by atoms with Gasteiger partial charge in [-0.05, 0) is 31.3 Å². The molecule has 2 rings (SSSR count). The maximum atomic E-state index is 10.6. The lowest BCUT2D eigenvalue weighted by atomic mass is 10.0. The largest absolute Gasteiger partial charge is 0.481 e. The molecule has 1 saturated heterocycles. The zero-order valence-corrected chi connectivity index (χ0v) is 10.0. The summed E-state index contributed by atoms with van der Waals surface area (Å²) >= 11 is 1.95. The normalized spacial score (nSPS) is 17.6. The average molecular weight is 241 g/mol. The van der Waals surface area contributed by atoms with E-state index >= 15 is 0 Å². The molecule has 1 fully saturated rings. The molecule has 0 unspecified atom stereocenters. The number of oxazole rings is 1. The number of aryl methyl sites for hydroxylation is 1. The maximum Gasteiger partial charge on any atom is 0.311 e. The van der Waals surface area contributed by atoms with Gasteiger partial charge in [-0.3, -0.25) is 4.79 Å². The van der Waals surface area contributed by atoms with E-state index in [1.165, 1.54) is 0 Å². The van der Waals surface area contributed by atoms with Crippen LogP contribution in [0.25, 0.3) is 0 Å². The molecule has 0 amide bonds. The average Bonchev–Trinajstić information content (AvgIpc) is 2.61. The molecule has 5 heteroatoms. The van der Waals surface area contributed by atoms with Crippen molar-refractivity contribution in [1.82, 2.24) is 4.98 Å². The zero-order valence-electron chi connectivity index (χ0n) is 9.23. The summed E-state index contributed by atoms with van der Waals surface area (Å²) in [5.74, 6) is 3.02. The summed E-state index contributed by atoms with van der Waals surface area (Å²) < 4.78 is 5.56. The van der Waals surface area contributed by atoms with Crippen LogP contribution in [0.2, 0.25) is 0 Å². The second kappa shape index (κ2) is 4.91. The van der Waals surface area contributed by atoms with Gasteiger partial charge in [0.2, 0.25) is 0 Å². The molecule has 0 aromatic carbocycles. The fourth-order valence-corrected chi connectivity index (χ4v) is 2.98. The molecule has 16 heavy (non-hydrogen) atoms. The first-order valence-corrected chi connectivity index (χ1v) is 6.58. The number of rotatable bonds is 3. The van der Waals surface area contributed by atoms with E-state index in [0.29, 0.717) is 11.7 Å². The number of thioether (sulfide) groups is 1. The Balaban J connectivity index is 2.12. The fraction of sp³-hybridized carbons (Fsp3) is 0.636. The second-order valence-electron chi connectivity index (χ2n) is 4.02. The van der Waals surface area contributed by atoms with Gasteiger partial charge in [-0.15, -0.1) is 0 Å². The van der Waals surface area contributed by atoms with Gasteiger partial charge in [0, 0.05) is 5.92 Å². The van der Waals surface area contributed by atoms with Gasteiger partial charge >= 0.3 is 5.97 Å². The number of carboxylic acid groups (broad SMARTS) is 1. The van der Waals surface area contributed by atoms with E-state index in [4.69, 9.17) is 9.52 Å². The molecule has 1 aliphatic heterocycles. The third kappa shape index (κ3) is 2.58. The van der Waals surface area contributed by atoms with E-state index in [2.05, 4.69) is 4.98 Å². The van der Waals surface area contributed by atoms with Crippen LogP contribution in [0.5, 0.6) is 0 Å². The third-order valence-electron chi connectivity index (χ3n) is 2.79. The van der Waals surface area contributed by atoms with Gasteiger partial charge in [0.05, 0.1) is 5.69 Å². The Morgan fingerprint density at radius 1 is 1.56 bits per heavy atom. The number of hydrogen-bond acceptors (Lipinski definition) is 4. The zero-order chi connectivity index (χ0) is 11.5. The summed E-state index contributed by atoms with van der Waals surface area (Å²) in [4.78, 5) is 15.0. The van der Waals surface area contributed by atoms with Gasteiger partial charge in [-0.25, -0.2) is 4.98 Å². The first-order valence-electron chi connectivity index (χ1n) is 5.42. The Morgan fingerprint density at radius 3 is 2.88 bits per heavy atom. The molecule has 0 saturated carbocycles. The molecule has 0 atom stereocenters. The van der Waals surface area contributed by atoms with Gasteiger partial charge in [-0.2, -0.15) is 11.8 Å². The number of nitrogens with zero attached hydrogens (tertiary/aromatic N) is 1. The van der Waals surface area contributed by atoms with Crippen LogP contribution < -0.4 is 0 Å². The monoisotopic (exact) mass is 241 g/mol. The number of aliphatic carboxylic acids is 1. The van der Waals surface area contributed by atoms with Gasteiger partial charge in [0.25, 0.3) is 0 Å². The fourth-order valence-electron chi connectivity index (χ4n) is 1.87. The molecule has 0 bridgehead atoms. The van der Waals surface area contributed by atoms with Crippen LogP contribution in [0.15, 0.2) is 4.42 Å². The van der Waals surface area contributed by atoms with Crippen LogP contribution in [-0.2, 0) is 11.2 Å². The van der Waals surface area contributed by atoms with Crippen molar-refractivity contribution in [2.75, 3.05) is 11.5 Å². The van der Waals surface area contributed by atoms with E-state index in [0.717, 1.165) is 35.9 Å². The van der Waals surface area contributed by atoms with Crippen LogP contribution in [0.1, 0.15) is 36.1 Å². The van der Waals surface area contributed by atoms with Crippen molar-refractivity contribution in [3.8, 4) is 0 Å². The van der Waals surface area contributed by atoms with E-state index in [1.54, 1.807) is 0 Å². The number of carbonyl (C=O) groups is 1. The quantitative estimate of drug-likeness (QED) is 0.879. The highest BCUT2D eigenvalue weighted by atomic mass is 32.2. The molecular weight excluding hydrogens is 226 g/mol. The summed E-state index contributed by atoms with van der Waals surface area (Å²) in [7, 11) is 0. The van der Waals surface area contributed by atoms with Crippen LogP contribution in [-0.4, -0.2) is 27.6 Å². The van der Waals surface area contributed by atoms with Crippen molar-refractivity contribution in [2.45, 2.75) is 32.1 Å². The summed E-state index contributed by atoms with van der Waals surface area (Å²) in [6.45, 7) is 1.81. The van der Waals surface area contributed by atoms with Crippen LogP contribution in [0.3, 0.4) is 0 Å². The molecule has 4 nitrogen and oxygen atoms in total. The third-order valence-corrected chi connectivity index (χ3v) is 3.84. The maximum absolute atomic E-state index is 10.6. The van der Waals surface area contributed by atoms with Gasteiger partial charge < -0.3 is 9.52 Å². The van der Waals surface area contributed by atoms with Crippen molar-refractivity contribution in [2.24, 2.45) is 0 Å². The van der Waals surface area contributed by atoms with Crippen molar-refractivity contribution < 1.29 is 14.3 Å². The summed E-state index contributed by atoms with van der Waals surface area (Å²) in [5.41, 5.74) is 0.718. The van der Waals surface area contributed by atoms with Gasteiger partial charge in [0.1, 0.15) is 12.2 Å². The molecule has 88 valence electrons. The highest BCUT2D eigenvalue weighted by Gasteiger charge is 2.22. The lowest BCUT2D eigenvalue weighted by Gasteiger charge is -2.17. The molecule has 0 aliphatic carbocycles. The molecule has 1 aromatic rings. The number of hydrogen-bond donors (Lipinski definition) is 1. The van der Waals surface area contributed by atoms with Crippen LogP contribution >= 0.6 is 11.8 Å². The predicted octanol–water partition coefficient (Wildman–Crippen LogP) is 2.22. The molecule has 0 spiro atoms. The molecule has 1 aromatic heterocycles. The number of carboxylic acids is 1. The van der Waals surface area contributed by atoms with Crippen molar-refractivity contribution >= 4 is 17.7 Å². The SMILES string of the molecule is Cc1nc(C2CCSCC2)oc1CC(=O)O. The van der Waals surface area contributed by atoms with Gasteiger partial charge in [0.15, 0.2) is 5.89 Å². The summed E-state index contributed by atoms with van der Waals surface area (Å²) in [5, 5.41) is 8.72. The van der Waals surface area contributed by atoms with Crippen molar-refractivity contribution in [1.29, 1.82) is 0 Å². The minimum Gasteiger partial charge on any atom is -0.481 e. The molecule has 0 radical (unpaired) electrons. The van der Waals surface area contributed by atoms with E-state index in [1.807, 2.05) is 18.7 Å². The Bertz CT molecular complexity index is 383. The minimum atomic E-state index is -0.870. The summed E-state index contributed by atoms with van der Waals surface area (Å²) in [6, 6.07) is 0.